The van der Waals surface area contributed by atoms with E-state index >= 15 is 0 Å². The number of hydrogen-bond donors (Lipinski definition) is 2. The van der Waals surface area contributed by atoms with Gasteiger partial charge in [-0.2, -0.15) is 0 Å². The van der Waals surface area contributed by atoms with Crippen LogP contribution in [0.15, 0.2) is 22.6 Å². The van der Waals surface area contributed by atoms with Gasteiger partial charge >= 0.3 is 5.97 Å². The Morgan fingerprint density at radius 2 is 1.83 bits per heavy atom. The number of fused-ring (bicyclic) bond motifs is 1. The van der Waals surface area contributed by atoms with E-state index in [9.17, 15) is 9.59 Å². The van der Waals surface area contributed by atoms with E-state index in [1.807, 2.05) is 39.8 Å². The number of nitrogens with one attached hydrogen (secondary N) is 1. The number of furan rings is 1. The van der Waals surface area contributed by atoms with Crippen molar-refractivity contribution in [1.29, 1.82) is 0 Å². The second kappa shape index (κ2) is 6.07. The van der Waals surface area contributed by atoms with Crippen LogP contribution in [0.5, 0.6) is 0 Å². The van der Waals surface area contributed by atoms with Gasteiger partial charge in [0.05, 0.1) is 12.0 Å². The van der Waals surface area contributed by atoms with E-state index in [1.54, 1.807) is 13.0 Å². The molecule has 0 spiro atoms. The number of aliphatic carboxylic acids is 1. The molecule has 2 rings (SSSR count). The molecule has 1 amide bonds. The van der Waals surface area contributed by atoms with Crippen LogP contribution in [0.25, 0.3) is 11.0 Å². The van der Waals surface area contributed by atoms with Gasteiger partial charge in [-0.15, -0.1) is 0 Å². The molecule has 0 saturated carbocycles. The fourth-order valence-corrected chi connectivity index (χ4v) is 2.44. The molecule has 124 valence electrons. The van der Waals surface area contributed by atoms with Crippen LogP contribution < -0.4 is 5.32 Å². The Morgan fingerprint density at radius 3 is 2.39 bits per heavy atom. The summed E-state index contributed by atoms with van der Waals surface area (Å²) in [7, 11) is 0. The summed E-state index contributed by atoms with van der Waals surface area (Å²) in [5.41, 5.74) is 2.04. The molecule has 0 aliphatic rings. The largest absolute Gasteiger partial charge is 0.481 e. The number of rotatable bonds is 5. The van der Waals surface area contributed by atoms with Crippen molar-refractivity contribution in [1.82, 2.24) is 5.32 Å². The molecule has 1 heterocycles. The van der Waals surface area contributed by atoms with Crippen LogP contribution >= 0.6 is 0 Å². The second-order valence-electron chi connectivity index (χ2n) is 6.68. The van der Waals surface area contributed by atoms with Crippen molar-refractivity contribution < 1.29 is 19.1 Å². The first-order valence-corrected chi connectivity index (χ1v) is 7.67. The lowest BCUT2D eigenvalue weighted by molar-refractivity contribution is -0.138. The summed E-state index contributed by atoms with van der Waals surface area (Å²) in [5.74, 6) is -1.18. The highest BCUT2D eigenvalue weighted by atomic mass is 16.4. The van der Waals surface area contributed by atoms with Crippen molar-refractivity contribution in [2.24, 2.45) is 5.92 Å². The Morgan fingerprint density at radius 1 is 1.22 bits per heavy atom. The summed E-state index contributed by atoms with van der Waals surface area (Å²) >= 11 is 0. The molecular formula is C18H23NO4. The number of aryl methyl sites for hydroxylation is 2. The Labute approximate surface area is 135 Å². The average Bonchev–Trinajstić information content (AvgIpc) is 2.81. The van der Waals surface area contributed by atoms with Gasteiger partial charge in [-0.25, -0.2) is 0 Å². The third-order valence-corrected chi connectivity index (χ3v) is 4.55. The number of benzene rings is 1. The van der Waals surface area contributed by atoms with E-state index in [1.165, 1.54) is 0 Å². The summed E-state index contributed by atoms with van der Waals surface area (Å²) in [5, 5.41) is 12.8. The zero-order valence-corrected chi connectivity index (χ0v) is 14.2. The Bertz CT molecular complexity index is 721. The first kappa shape index (κ1) is 17.1. The molecule has 5 nitrogen and oxygen atoms in total. The highest BCUT2D eigenvalue weighted by Crippen LogP contribution is 2.25. The highest BCUT2D eigenvalue weighted by Gasteiger charge is 2.33. The molecule has 0 fully saturated rings. The lowest BCUT2D eigenvalue weighted by atomic mass is 9.85. The third kappa shape index (κ3) is 3.55. The second-order valence-corrected chi connectivity index (χ2v) is 6.68. The molecule has 1 aromatic carbocycles. The summed E-state index contributed by atoms with van der Waals surface area (Å²) < 4.78 is 5.64. The van der Waals surface area contributed by atoms with Crippen LogP contribution in [-0.2, 0) is 4.79 Å². The maximum Gasteiger partial charge on any atom is 0.305 e. The molecule has 5 heteroatoms. The molecule has 0 radical (unpaired) electrons. The molecule has 0 saturated heterocycles. The van der Waals surface area contributed by atoms with Gasteiger partial charge in [0.1, 0.15) is 5.58 Å². The van der Waals surface area contributed by atoms with Crippen LogP contribution in [0.1, 0.15) is 48.9 Å². The number of amides is 1. The summed E-state index contributed by atoms with van der Waals surface area (Å²) in [4.78, 5) is 23.6. The fourth-order valence-electron chi connectivity index (χ4n) is 2.44. The normalized spacial score (nSPS) is 14.0. The average molecular weight is 317 g/mol. The van der Waals surface area contributed by atoms with Crippen molar-refractivity contribution in [3.63, 3.8) is 0 Å². The van der Waals surface area contributed by atoms with Crippen molar-refractivity contribution in [2.45, 2.75) is 46.6 Å². The van der Waals surface area contributed by atoms with Crippen LogP contribution in [-0.4, -0.2) is 22.5 Å². The lowest BCUT2D eigenvalue weighted by Crippen LogP contribution is -2.51. The molecule has 0 aliphatic heterocycles. The van der Waals surface area contributed by atoms with Crippen LogP contribution in [0.3, 0.4) is 0 Å². The molecule has 0 aliphatic carbocycles. The van der Waals surface area contributed by atoms with Crippen molar-refractivity contribution in [3.8, 4) is 0 Å². The quantitative estimate of drug-likeness (QED) is 0.882. The Hall–Kier alpha value is -2.30. The first-order chi connectivity index (χ1) is 10.6. The molecule has 1 unspecified atom stereocenters. The summed E-state index contributed by atoms with van der Waals surface area (Å²) in [6.07, 6.45) is -0.144. The monoisotopic (exact) mass is 317 g/mol. The van der Waals surface area contributed by atoms with Gasteiger partial charge in [-0.05, 0) is 56.0 Å². The minimum absolute atomic E-state index is 0.0311. The maximum atomic E-state index is 12.5. The van der Waals surface area contributed by atoms with E-state index in [0.29, 0.717) is 5.58 Å². The standard InChI is InChI=1S/C18H23NO4/c1-10(2)18(5,9-16(20)21)19-17(22)15-8-13-6-11(3)12(4)7-14(13)23-15/h6-8,10H,9H2,1-5H3,(H,19,22)(H,20,21). The van der Waals surface area contributed by atoms with Crippen molar-refractivity contribution >= 4 is 22.8 Å². The van der Waals surface area contributed by atoms with E-state index in [-0.39, 0.29) is 18.1 Å². The van der Waals surface area contributed by atoms with Gasteiger partial charge < -0.3 is 14.8 Å². The molecule has 2 N–H and O–H groups in total. The van der Waals surface area contributed by atoms with E-state index in [2.05, 4.69) is 5.32 Å². The highest BCUT2D eigenvalue weighted by molar-refractivity contribution is 5.97. The van der Waals surface area contributed by atoms with Gasteiger partial charge in [0.15, 0.2) is 5.76 Å². The summed E-state index contributed by atoms with van der Waals surface area (Å²) in [6.45, 7) is 9.49. The molecule has 2 aromatic rings. The topological polar surface area (TPSA) is 79.5 Å². The molecule has 1 aromatic heterocycles. The number of carbonyl (C=O) groups is 2. The Balaban J connectivity index is 2.31. The predicted molar refractivity (Wildman–Crippen MR) is 88.7 cm³/mol. The smallest absolute Gasteiger partial charge is 0.305 e. The molecule has 23 heavy (non-hydrogen) atoms. The third-order valence-electron chi connectivity index (χ3n) is 4.55. The Kier molecular flexibility index (Phi) is 4.50. The van der Waals surface area contributed by atoms with Crippen molar-refractivity contribution in [3.05, 3.63) is 35.1 Å². The van der Waals surface area contributed by atoms with Gasteiger partial charge in [0.25, 0.3) is 5.91 Å². The SMILES string of the molecule is Cc1cc2cc(C(=O)NC(C)(CC(=O)O)C(C)C)oc2cc1C. The lowest BCUT2D eigenvalue weighted by Gasteiger charge is -2.33. The van der Waals surface area contributed by atoms with E-state index in [0.717, 1.165) is 16.5 Å². The van der Waals surface area contributed by atoms with Gasteiger partial charge in [-0.3, -0.25) is 9.59 Å². The van der Waals surface area contributed by atoms with Crippen molar-refractivity contribution in [2.75, 3.05) is 0 Å². The van der Waals surface area contributed by atoms with E-state index < -0.39 is 17.4 Å². The number of hydrogen-bond acceptors (Lipinski definition) is 3. The van der Waals surface area contributed by atoms with Crippen LogP contribution in [0.2, 0.25) is 0 Å². The zero-order valence-electron chi connectivity index (χ0n) is 14.2. The minimum atomic E-state index is -0.947. The summed E-state index contributed by atoms with van der Waals surface area (Å²) in [6, 6.07) is 5.57. The number of carboxylic acids is 1. The predicted octanol–water partition coefficient (Wildman–Crippen LogP) is 3.67. The van der Waals surface area contributed by atoms with Gasteiger partial charge in [0.2, 0.25) is 0 Å². The van der Waals surface area contributed by atoms with Gasteiger partial charge in [0, 0.05) is 5.39 Å². The maximum absolute atomic E-state index is 12.5. The minimum Gasteiger partial charge on any atom is -0.481 e. The number of carbonyl (C=O) groups excluding carboxylic acids is 1. The molecule has 1 atom stereocenters. The first-order valence-electron chi connectivity index (χ1n) is 7.67. The van der Waals surface area contributed by atoms with E-state index in [4.69, 9.17) is 9.52 Å². The molecule has 0 bridgehead atoms. The van der Waals surface area contributed by atoms with Crippen LogP contribution in [0.4, 0.5) is 0 Å². The molecular weight excluding hydrogens is 294 g/mol. The van der Waals surface area contributed by atoms with Crippen LogP contribution in [0, 0.1) is 19.8 Å². The fraction of sp³-hybridized carbons (Fsp3) is 0.444. The van der Waals surface area contributed by atoms with Gasteiger partial charge in [-0.1, -0.05) is 13.8 Å². The zero-order chi connectivity index (χ0) is 17.4. The number of carboxylic acid groups (broad SMARTS) is 1.